The maximum atomic E-state index is 11.8. The van der Waals surface area contributed by atoms with Crippen LogP contribution in [0, 0.1) is 4.77 Å². The van der Waals surface area contributed by atoms with Crippen LogP contribution in [-0.2, 0) is 22.9 Å². The second-order valence-electron chi connectivity index (χ2n) is 6.84. The molecule has 1 aliphatic heterocycles. The van der Waals surface area contributed by atoms with Crippen LogP contribution in [0.5, 0.6) is 0 Å². The third kappa shape index (κ3) is 4.42. The molecule has 26 heavy (non-hydrogen) atoms. The first kappa shape index (κ1) is 19.3. The van der Waals surface area contributed by atoms with Gasteiger partial charge in [0.25, 0.3) is 0 Å². The minimum atomic E-state index is -2.91. The number of nitrogens with zero attached hydrogens (tertiary/aromatic N) is 3. The summed E-state index contributed by atoms with van der Waals surface area (Å²) in [5.74, 6) is 1.26. The third-order valence-corrected chi connectivity index (χ3v) is 6.94. The smallest absolute Gasteiger partial charge is 0.217 e. The number of nitrogens with one attached hydrogen (secondary N) is 1. The summed E-state index contributed by atoms with van der Waals surface area (Å²) in [5, 5.41) is 3.28. The molecule has 0 unspecified atom stereocenters. The number of sulfone groups is 1. The fraction of sp³-hybridized carbons (Fsp3) is 0.556. The van der Waals surface area contributed by atoms with E-state index in [0.717, 1.165) is 30.8 Å². The maximum Gasteiger partial charge on any atom is 0.217 e. The van der Waals surface area contributed by atoms with Crippen LogP contribution in [0.15, 0.2) is 24.3 Å². The van der Waals surface area contributed by atoms with Crippen molar-refractivity contribution in [3.05, 3.63) is 34.6 Å². The number of hydrogen-bond donors (Lipinski definition) is 1. The number of rotatable bonds is 7. The Bertz CT molecular complexity index is 900. The van der Waals surface area contributed by atoms with Gasteiger partial charge in [0.15, 0.2) is 15.7 Å². The lowest BCUT2D eigenvalue weighted by Crippen LogP contribution is -2.38. The molecule has 2 aromatic rings. The average molecular weight is 395 g/mol. The fourth-order valence-corrected chi connectivity index (χ4v) is 5.34. The van der Waals surface area contributed by atoms with Gasteiger partial charge in [0, 0.05) is 11.6 Å². The van der Waals surface area contributed by atoms with E-state index in [-0.39, 0.29) is 17.5 Å². The highest BCUT2D eigenvalue weighted by Crippen LogP contribution is 2.20. The second kappa shape index (κ2) is 8.02. The van der Waals surface area contributed by atoms with Crippen molar-refractivity contribution in [3.63, 3.8) is 0 Å². The van der Waals surface area contributed by atoms with Gasteiger partial charge in [0.05, 0.1) is 18.2 Å². The molecule has 2 heterocycles. The summed E-state index contributed by atoms with van der Waals surface area (Å²) >= 11 is 5.42. The molecule has 0 bridgehead atoms. The van der Waals surface area contributed by atoms with Gasteiger partial charge in [-0.25, -0.2) is 13.1 Å². The summed E-state index contributed by atoms with van der Waals surface area (Å²) in [4.78, 5) is 6.68. The van der Waals surface area contributed by atoms with Gasteiger partial charge in [-0.3, -0.25) is 10.00 Å². The Morgan fingerprint density at radius 3 is 2.62 bits per heavy atom. The van der Waals surface area contributed by atoms with Crippen molar-refractivity contribution >= 4 is 22.1 Å². The zero-order valence-corrected chi connectivity index (χ0v) is 16.9. The van der Waals surface area contributed by atoms with Crippen molar-refractivity contribution in [1.82, 2.24) is 19.7 Å². The van der Waals surface area contributed by atoms with Gasteiger partial charge >= 0.3 is 0 Å². The lowest BCUT2D eigenvalue weighted by Gasteiger charge is -2.27. The zero-order valence-electron chi connectivity index (χ0n) is 15.3. The van der Waals surface area contributed by atoms with Gasteiger partial charge in [-0.2, -0.15) is 4.98 Å². The van der Waals surface area contributed by atoms with Crippen LogP contribution in [0.4, 0.5) is 0 Å². The average Bonchev–Trinajstić information content (AvgIpc) is 3.17. The number of hydrogen-bond acceptors (Lipinski definition) is 5. The van der Waals surface area contributed by atoms with Crippen LogP contribution in [-0.4, -0.2) is 52.2 Å². The first-order valence-corrected chi connectivity index (χ1v) is 11.4. The van der Waals surface area contributed by atoms with E-state index in [9.17, 15) is 8.42 Å². The molecule has 1 N–H and O–H groups in total. The van der Waals surface area contributed by atoms with E-state index >= 15 is 0 Å². The normalized spacial score (nSPS) is 19.3. The van der Waals surface area contributed by atoms with Crippen LogP contribution in [0.2, 0.25) is 0 Å². The highest BCUT2D eigenvalue weighted by Gasteiger charge is 2.32. The Morgan fingerprint density at radius 2 is 2.04 bits per heavy atom. The van der Waals surface area contributed by atoms with E-state index in [1.807, 2.05) is 16.8 Å². The third-order valence-electron chi connectivity index (χ3n) is 4.87. The molecule has 1 fully saturated rings. The SMILES string of the molecule is CCCN(Cn1[nH]c(-c2ccc(CC)cc2)nc1=S)[C@@H]1CCS(=O)(=O)C1. The maximum absolute atomic E-state index is 11.8. The van der Waals surface area contributed by atoms with Crippen molar-refractivity contribution in [3.8, 4) is 11.4 Å². The van der Waals surface area contributed by atoms with Crippen molar-refractivity contribution in [2.45, 2.75) is 45.8 Å². The number of aryl methyl sites for hydroxylation is 1. The summed E-state index contributed by atoms with van der Waals surface area (Å²) in [7, 11) is -2.91. The van der Waals surface area contributed by atoms with Gasteiger partial charge < -0.3 is 0 Å². The van der Waals surface area contributed by atoms with Crippen molar-refractivity contribution < 1.29 is 8.42 Å². The molecule has 6 nitrogen and oxygen atoms in total. The Morgan fingerprint density at radius 1 is 1.31 bits per heavy atom. The number of H-pyrrole nitrogens is 1. The first-order chi connectivity index (χ1) is 12.4. The van der Waals surface area contributed by atoms with E-state index in [2.05, 4.69) is 41.0 Å². The quantitative estimate of drug-likeness (QED) is 0.731. The van der Waals surface area contributed by atoms with Gasteiger partial charge in [-0.15, -0.1) is 0 Å². The van der Waals surface area contributed by atoms with Gasteiger partial charge in [0.2, 0.25) is 4.77 Å². The summed E-state index contributed by atoms with van der Waals surface area (Å²) in [6.45, 7) is 5.60. The molecule has 0 aliphatic carbocycles. The molecule has 0 radical (unpaired) electrons. The molecule has 142 valence electrons. The van der Waals surface area contributed by atoms with Crippen molar-refractivity contribution in [1.29, 1.82) is 0 Å². The molecule has 8 heteroatoms. The highest BCUT2D eigenvalue weighted by atomic mass is 32.2. The number of benzene rings is 1. The standard InChI is InChI=1S/C18H26N4O2S2/c1-3-10-21(16-9-11-26(23,24)12-16)13-22-18(25)19-17(20-22)15-7-5-14(4-2)6-8-15/h5-8,16H,3-4,9-13H2,1-2H3,(H,19,20,25)/t16-/m1/s1. The molecule has 0 amide bonds. The van der Waals surface area contributed by atoms with Gasteiger partial charge in [-0.1, -0.05) is 38.1 Å². The number of aromatic nitrogens is 3. The first-order valence-electron chi connectivity index (χ1n) is 9.12. The minimum Gasteiger partial charge on any atom is -0.280 e. The molecular weight excluding hydrogens is 368 g/mol. The number of aromatic amines is 1. The van der Waals surface area contributed by atoms with Crippen LogP contribution in [0.25, 0.3) is 11.4 Å². The van der Waals surface area contributed by atoms with Gasteiger partial charge in [0.1, 0.15) is 0 Å². The van der Waals surface area contributed by atoms with Gasteiger partial charge in [-0.05, 0) is 43.6 Å². The van der Waals surface area contributed by atoms with E-state index in [4.69, 9.17) is 12.2 Å². The molecule has 1 atom stereocenters. The molecule has 1 saturated heterocycles. The van der Waals surface area contributed by atoms with Crippen molar-refractivity contribution in [2.24, 2.45) is 0 Å². The largest absolute Gasteiger partial charge is 0.280 e. The Balaban J connectivity index is 1.79. The van der Waals surface area contributed by atoms with Crippen LogP contribution >= 0.6 is 12.2 Å². The monoisotopic (exact) mass is 394 g/mol. The van der Waals surface area contributed by atoms with E-state index in [1.165, 1.54) is 5.56 Å². The van der Waals surface area contributed by atoms with E-state index < -0.39 is 9.84 Å². The van der Waals surface area contributed by atoms with Crippen LogP contribution < -0.4 is 0 Å². The Kier molecular flexibility index (Phi) is 5.94. The minimum absolute atomic E-state index is 0.0532. The Labute approximate surface area is 160 Å². The lowest BCUT2D eigenvalue weighted by molar-refractivity contribution is 0.155. The second-order valence-corrected chi connectivity index (χ2v) is 9.44. The van der Waals surface area contributed by atoms with E-state index in [0.29, 0.717) is 17.9 Å². The molecule has 1 aliphatic rings. The predicted octanol–water partition coefficient (Wildman–Crippen LogP) is 3.03. The Hall–Kier alpha value is -1.51. The predicted molar refractivity (Wildman–Crippen MR) is 106 cm³/mol. The summed E-state index contributed by atoms with van der Waals surface area (Å²) in [6, 6.07) is 8.34. The van der Waals surface area contributed by atoms with E-state index in [1.54, 1.807) is 0 Å². The molecule has 1 aromatic heterocycles. The summed E-state index contributed by atoms with van der Waals surface area (Å²) in [5.41, 5.74) is 2.28. The molecule has 0 saturated carbocycles. The summed E-state index contributed by atoms with van der Waals surface area (Å²) in [6.07, 6.45) is 2.65. The topological polar surface area (TPSA) is 71.0 Å². The highest BCUT2D eigenvalue weighted by molar-refractivity contribution is 7.91. The zero-order chi connectivity index (χ0) is 18.7. The summed E-state index contributed by atoms with van der Waals surface area (Å²) < 4.78 is 26.0. The van der Waals surface area contributed by atoms with Crippen LogP contribution in [0.1, 0.15) is 32.3 Å². The molecule has 3 rings (SSSR count). The van der Waals surface area contributed by atoms with Crippen molar-refractivity contribution in [2.75, 3.05) is 18.1 Å². The fourth-order valence-electron chi connectivity index (χ4n) is 3.38. The molecule has 1 aromatic carbocycles. The molecule has 0 spiro atoms. The molecular formula is C18H26N4O2S2. The lowest BCUT2D eigenvalue weighted by atomic mass is 10.1. The van der Waals surface area contributed by atoms with Crippen LogP contribution in [0.3, 0.4) is 0 Å².